The van der Waals surface area contributed by atoms with E-state index < -0.39 is 0 Å². The average Bonchev–Trinajstić information content (AvgIpc) is 2.75. The van der Waals surface area contributed by atoms with Crippen molar-refractivity contribution in [3.05, 3.63) is 99.5 Å². The van der Waals surface area contributed by atoms with Crippen molar-refractivity contribution in [1.29, 1.82) is 0 Å². The summed E-state index contributed by atoms with van der Waals surface area (Å²) in [5.41, 5.74) is 6.49. The van der Waals surface area contributed by atoms with E-state index in [1.807, 2.05) is 60.3 Å². The van der Waals surface area contributed by atoms with Gasteiger partial charge < -0.3 is 4.74 Å². The number of halogens is 1. The number of nitrogens with one attached hydrogen (secondary N) is 1. The Labute approximate surface area is 183 Å². The van der Waals surface area contributed by atoms with Gasteiger partial charge in [0.05, 0.1) is 17.8 Å². The Hall–Kier alpha value is -2.57. The van der Waals surface area contributed by atoms with Crippen LogP contribution < -0.4 is 10.2 Å². The second-order valence-electron chi connectivity index (χ2n) is 6.27. The second kappa shape index (κ2) is 10.8. The van der Waals surface area contributed by atoms with Crippen molar-refractivity contribution in [1.82, 2.24) is 5.43 Å². The molecule has 6 heteroatoms. The van der Waals surface area contributed by atoms with Crippen LogP contribution in [-0.2, 0) is 11.5 Å². The summed E-state index contributed by atoms with van der Waals surface area (Å²) in [5, 5.41) is 4.03. The van der Waals surface area contributed by atoms with E-state index in [4.69, 9.17) is 4.74 Å². The molecule has 0 fully saturated rings. The molecule has 0 atom stereocenters. The molecule has 3 aromatic carbocycles. The van der Waals surface area contributed by atoms with Gasteiger partial charge in [0.15, 0.2) is 0 Å². The minimum absolute atomic E-state index is 0.239. The smallest absolute Gasteiger partial charge is 0.271 e. The fourth-order valence-corrected chi connectivity index (χ4v) is 4.12. The monoisotopic (exact) mass is 468 g/mol. The highest BCUT2D eigenvalue weighted by Crippen LogP contribution is 2.24. The number of hydrogen-bond acceptors (Lipinski definition) is 4. The molecule has 0 aliphatic rings. The molecule has 0 radical (unpaired) electrons. The number of amides is 1. The average molecular weight is 469 g/mol. The summed E-state index contributed by atoms with van der Waals surface area (Å²) < 4.78 is 6.02. The van der Waals surface area contributed by atoms with Gasteiger partial charge >= 0.3 is 0 Å². The molecule has 4 nitrogen and oxygen atoms in total. The highest BCUT2D eigenvalue weighted by molar-refractivity contribution is 9.10. The molecule has 0 aromatic heterocycles. The summed E-state index contributed by atoms with van der Waals surface area (Å²) in [7, 11) is 1.61. The van der Waals surface area contributed by atoms with Gasteiger partial charge in [0.1, 0.15) is 5.75 Å². The van der Waals surface area contributed by atoms with Crippen LogP contribution >= 0.6 is 27.7 Å². The molecular formula is C23H21BrN2O2S. The highest BCUT2D eigenvalue weighted by Gasteiger charge is 2.05. The number of ether oxygens (including phenoxy) is 1. The molecule has 0 spiro atoms. The van der Waals surface area contributed by atoms with Crippen LogP contribution in [0.4, 0.5) is 0 Å². The first-order chi connectivity index (χ1) is 14.2. The number of thioether (sulfide) groups is 1. The molecule has 3 aromatic rings. The number of carbonyl (C=O) groups excluding carboxylic acids is 1. The Bertz CT molecular complexity index is 976. The third kappa shape index (κ3) is 6.48. The van der Waals surface area contributed by atoms with Crippen molar-refractivity contribution in [2.45, 2.75) is 11.5 Å². The summed E-state index contributed by atoms with van der Waals surface area (Å²) >= 11 is 5.28. The Morgan fingerprint density at radius 3 is 2.38 bits per heavy atom. The maximum Gasteiger partial charge on any atom is 0.271 e. The zero-order chi connectivity index (χ0) is 20.5. The Kier molecular flexibility index (Phi) is 7.90. The predicted octanol–water partition coefficient (Wildman–Crippen LogP) is 5.66. The second-order valence-corrected chi connectivity index (χ2v) is 8.11. The van der Waals surface area contributed by atoms with Gasteiger partial charge in [-0.15, -0.1) is 0 Å². The number of hydrogen-bond donors (Lipinski definition) is 1. The lowest BCUT2D eigenvalue weighted by Gasteiger charge is -2.05. The number of methoxy groups -OCH3 is 1. The maximum absolute atomic E-state index is 12.3. The van der Waals surface area contributed by atoms with E-state index in [1.165, 1.54) is 11.1 Å². The SMILES string of the molecule is COc1ccc(/C=N\NC(=O)c2ccc(CSCc3ccccc3)cc2)cc1Br. The molecular weight excluding hydrogens is 448 g/mol. The largest absolute Gasteiger partial charge is 0.496 e. The third-order valence-electron chi connectivity index (χ3n) is 4.15. The molecule has 1 N–H and O–H groups in total. The lowest BCUT2D eigenvalue weighted by molar-refractivity contribution is 0.0955. The topological polar surface area (TPSA) is 50.7 Å². The Morgan fingerprint density at radius 2 is 1.72 bits per heavy atom. The van der Waals surface area contributed by atoms with Gasteiger partial charge in [0.2, 0.25) is 0 Å². The Balaban J connectivity index is 1.49. The van der Waals surface area contributed by atoms with Gasteiger partial charge in [0, 0.05) is 17.1 Å². The van der Waals surface area contributed by atoms with Crippen molar-refractivity contribution in [2.24, 2.45) is 5.10 Å². The molecule has 1 amide bonds. The number of nitrogens with zero attached hydrogens (tertiary/aromatic N) is 1. The summed E-state index contributed by atoms with van der Waals surface area (Å²) in [6.45, 7) is 0. The van der Waals surface area contributed by atoms with E-state index >= 15 is 0 Å². The quantitative estimate of drug-likeness (QED) is 0.343. The predicted molar refractivity (Wildman–Crippen MR) is 124 cm³/mol. The van der Waals surface area contributed by atoms with Crippen molar-refractivity contribution >= 4 is 39.8 Å². The molecule has 3 rings (SSSR count). The summed E-state index contributed by atoms with van der Waals surface area (Å²) in [6.07, 6.45) is 1.59. The van der Waals surface area contributed by atoms with Crippen LogP contribution in [0, 0.1) is 0 Å². The van der Waals surface area contributed by atoms with E-state index in [1.54, 1.807) is 13.3 Å². The van der Waals surface area contributed by atoms with Gasteiger partial charge in [-0.3, -0.25) is 4.79 Å². The first-order valence-corrected chi connectivity index (χ1v) is 11.0. The van der Waals surface area contributed by atoms with Gasteiger partial charge in [-0.1, -0.05) is 42.5 Å². The number of rotatable bonds is 8. The molecule has 0 heterocycles. The molecule has 0 aliphatic carbocycles. The highest BCUT2D eigenvalue weighted by atomic mass is 79.9. The van der Waals surface area contributed by atoms with Crippen LogP contribution in [0.15, 0.2) is 82.4 Å². The van der Waals surface area contributed by atoms with Crippen LogP contribution in [0.2, 0.25) is 0 Å². The van der Waals surface area contributed by atoms with E-state index in [-0.39, 0.29) is 5.91 Å². The lowest BCUT2D eigenvalue weighted by atomic mass is 10.1. The summed E-state index contributed by atoms with van der Waals surface area (Å²) in [5.74, 6) is 2.38. The minimum atomic E-state index is -0.239. The maximum atomic E-state index is 12.3. The fraction of sp³-hybridized carbons (Fsp3) is 0.130. The van der Waals surface area contributed by atoms with Crippen LogP contribution in [0.25, 0.3) is 0 Å². The Morgan fingerprint density at radius 1 is 1.03 bits per heavy atom. The van der Waals surface area contributed by atoms with E-state index in [2.05, 4.69) is 50.7 Å². The fourth-order valence-electron chi connectivity index (χ4n) is 2.61. The van der Waals surface area contributed by atoms with Crippen molar-refractivity contribution in [3.63, 3.8) is 0 Å². The van der Waals surface area contributed by atoms with Crippen LogP contribution in [0.5, 0.6) is 5.75 Å². The first-order valence-electron chi connectivity index (χ1n) is 9.03. The van der Waals surface area contributed by atoms with Crippen LogP contribution in [-0.4, -0.2) is 19.2 Å². The standard InChI is InChI=1S/C23H21BrN2O2S/c1-28-22-12-9-19(13-21(22)24)14-25-26-23(27)20-10-7-18(8-11-20)16-29-15-17-5-3-2-4-6-17/h2-14H,15-16H2,1H3,(H,26,27)/b25-14-. The van der Waals surface area contributed by atoms with E-state index in [0.29, 0.717) is 5.56 Å². The molecule has 0 saturated carbocycles. The molecule has 29 heavy (non-hydrogen) atoms. The molecule has 148 valence electrons. The number of carbonyl (C=O) groups is 1. The minimum Gasteiger partial charge on any atom is -0.496 e. The van der Waals surface area contributed by atoms with Gasteiger partial charge in [-0.05, 0) is 63.0 Å². The molecule has 0 aliphatic heterocycles. The van der Waals surface area contributed by atoms with Crippen LogP contribution in [0.3, 0.4) is 0 Å². The lowest BCUT2D eigenvalue weighted by Crippen LogP contribution is -2.17. The zero-order valence-electron chi connectivity index (χ0n) is 16.0. The molecule has 0 unspecified atom stereocenters. The molecule has 0 bridgehead atoms. The van der Waals surface area contributed by atoms with Crippen LogP contribution in [0.1, 0.15) is 27.0 Å². The van der Waals surface area contributed by atoms with E-state index in [0.717, 1.165) is 27.3 Å². The summed E-state index contributed by atoms with van der Waals surface area (Å²) in [6, 6.07) is 23.6. The van der Waals surface area contributed by atoms with Crippen molar-refractivity contribution in [3.8, 4) is 5.75 Å². The number of benzene rings is 3. The normalized spacial score (nSPS) is 10.8. The van der Waals surface area contributed by atoms with Crippen molar-refractivity contribution in [2.75, 3.05) is 7.11 Å². The van der Waals surface area contributed by atoms with E-state index in [9.17, 15) is 4.79 Å². The summed E-state index contributed by atoms with van der Waals surface area (Å²) in [4.78, 5) is 12.3. The van der Waals surface area contributed by atoms with Gasteiger partial charge in [-0.2, -0.15) is 16.9 Å². The first kappa shape index (κ1) is 21.1. The third-order valence-corrected chi connectivity index (χ3v) is 5.85. The molecule has 0 saturated heterocycles. The van der Waals surface area contributed by atoms with Gasteiger partial charge in [-0.25, -0.2) is 5.43 Å². The van der Waals surface area contributed by atoms with Gasteiger partial charge in [0.25, 0.3) is 5.91 Å². The van der Waals surface area contributed by atoms with Crippen molar-refractivity contribution < 1.29 is 9.53 Å². The zero-order valence-corrected chi connectivity index (χ0v) is 18.4. The number of hydrazone groups is 1.